The van der Waals surface area contributed by atoms with E-state index in [1.807, 2.05) is 0 Å². The van der Waals surface area contributed by atoms with Crippen molar-refractivity contribution in [1.29, 1.82) is 0 Å². The van der Waals surface area contributed by atoms with Gasteiger partial charge < -0.3 is 4.90 Å². The van der Waals surface area contributed by atoms with Crippen LogP contribution in [-0.4, -0.2) is 38.7 Å². The van der Waals surface area contributed by atoms with Crippen LogP contribution in [-0.2, 0) is 0 Å². The predicted octanol–water partition coefficient (Wildman–Crippen LogP) is 1.95. The third-order valence-electron chi connectivity index (χ3n) is 3.42. The Morgan fingerprint density at radius 2 is 1.85 bits per heavy atom. The van der Waals surface area contributed by atoms with Crippen LogP contribution in [0.4, 0.5) is 4.39 Å². The summed E-state index contributed by atoms with van der Waals surface area (Å²) in [5.74, 6) is 0.374. The summed E-state index contributed by atoms with van der Waals surface area (Å²) in [6, 6.07) is 5.94. The van der Waals surface area contributed by atoms with Gasteiger partial charge in [-0.25, -0.2) is 14.1 Å². The standard InChI is InChI=1S/C14H15FN4O/c1-10-16-13(14(20)18-8-2-3-9-18)17-19(10)12-6-4-11(15)5-7-12/h4-7H,2-3,8-9H2,1H3. The minimum atomic E-state index is -0.306. The molecular formula is C14H15FN4O. The predicted molar refractivity (Wildman–Crippen MR) is 71.2 cm³/mol. The third kappa shape index (κ3) is 2.29. The maximum absolute atomic E-state index is 12.9. The number of aryl methyl sites for hydroxylation is 1. The van der Waals surface area contributed by atoms with E-state index < -0.39 is 0 Å². The Morgan fingerprint density at radius 3 is 2.50 bits per heavy atom. The van der Waals surface area contributed by atoms with Crippen LogP contribution in [0.1, 0.15) is 29.3 Å². The van der Waals surface area contributed by atoms with E-state index in [9.17, 15) is 9.18 Å². The monoisotopic (exact) mass is 274 g/mol. The Kier molecular flexibility index (Phi) is 3.22. The van der Waals surface area contributed by atoms with Gasteiger partial charge in [-0.05, 0) is 44.0 Å². The molecule has 0 unspecified atom stereocenters. The van der Waals surface area contributed by atoms with Crippen LogP contribution in [0.15, 0.2) is 24.3 Å². The molecule has 20 heavy (non-hydrogen) atoms. The minimum Gasteiger partial charge on any atom is -0.336 e. The molecule has 1 aliphatic rings. The highest BCUT2D eigenvalue weighted by Gasteiger charge is 2.23. The van der Waals surface area contributed by atoms with E-state index in [-0.39, 0.29) is 17.5 Å². The number of hydrogen-bond acceptors (Lipinski definition) is 3. The number of aromatic nitrogens is 3. The average molecular weight is 274 g/mol. The molecule has 1 aromatic heterocycles. The van der Waals surface area contributed by atoms with E-state index in [1.54, 1.807) is 28.6 Å². The molecular weight excluding hydrogens is 259 g/mol. The molecule has 0 radical (unpaired) electrons. The number of hydrogen-bond donors (Lipinski definition) is 0. The van der Waals surface area contributed by atoms with E-state index in [2.05, 4.69) is 10.1 Å². The molecule has 5 nitrogen and oxygen atoms in total. The summed E-state index contributed by atoms with van der Waals surface area (Å²) in [6.45, 7) is 3.31. The molecule has 0 atom stereocenters. The van der Waals surface area contributed by atoms with Gasteiger partial charge in [0.2, 0.25) is 5.82 Å². The third-order valence-corrected chi connectivity index (χ3v) is 3.42. The number of halogens is 1. The van der Waals surface area contributed by atoms with Crippen LogP contribution in [0.2, 0.25) is 0 Å². The normalized spacial score (nSPS) is 14.8. The Labute approximate surface area is 116 Å². The minimum absolute atomic E-state index is 0.133. The maximum atomic E-state index is 12.9. The summed E-state index contributed by atoms with van der Waals surface area (Å²) in [7, 11) is 0. The molecule has 0 spiro atoms. The highest BCUT2D eigenvalue weighted by atomic mass is 19.1. The zero-order valence-electron chi connectivity index (χ0n) is 11.2. The van der Waals surface area contributed by atoms with Gasteiger partial charge in [-0.2, -0.15) is 0 Å². The van der Waals surface area contributed by atoms with Crippen molar-refractivity contribution in [3.8, 4) is 5.69 Å². The van der Waals surface area contributed by atoms with Gasteiger partial charge >= 0.3 is 0 Å². The lowest BCUT2D eigenvalue weighted by atomic mass is 10.3. The quantitative estimate of drug-likeness (QED) is 0.841. The van der Waals surface area contributed by atoms with Crippen LogP contribution in [0.5, 0.6) is 0 Å². The van der Waals surface area contributed by atoms with Crippen molar-refractivity contribution in [2.24, 2.45) is 0 Å². The first-order chi connectivity index (χ1) is 9.65. The number of carbonyl (C=O) groups is 1. The van der Waals surface area contributed by atoms with Crippen molar-refractivity contribution in [2.45, 2.75) is 19.8 Å². The van der Waals surface area contributed by atoms with Gasteiger partial charge in [0, 0.05) is 13.1 Å². The highest BCUT2D eigenvalue weighted by molar-refractivity contribution is 5.90. The molecule has 2 heterocycles. The van der Waals surface area contributed by atoms with Crippen molar-refractivity contribution in [3.05, 3.63) is 41.7 Å². The first-order valence-corrected chi connectivity index (χ1v) is 6.64. The van der Waals surface area contributed by atoms with Gasteiger partial charge in [0.15, 0.2) is 0 Å². The van der Waals surface area contributed by atoms with E-state index in [0.717, 1.165) is 25.9 Å². The van der Waals surface area contributed by atoms with E-state index in [1.165, 1.54) is 12.1 Å². The van der Waals surface area contributed by atoms with Gasteiger partial charge in [0.25, 0.3) is 5.91 Å². The summed E-state index contributed by atoms with van der Waals surface area (Å²) in [4.78, 5) is 18.2. The summed E-state index contributed by atoms with van der Waals surface area (Å²) in [5.41, 5.74) is 0.692. The number of likely N-dealkylation sites (tertiary alicyclic amines) is 1. The van der Waals surface area contributed by atoms with Crippen LogP contribution >= 0.6 is 0 Å². The largest absolute Gasteiger partial charge is 0.336 e. The Balaban J connectivity index is 1.90. The van der Waals surface area contributed by atoms with E-state index >= 15 is 0 Å². The Hall–Kier alpha value is -2.24. The lowest BCUT2D eigenvalue weighted by Gasteiger charge is -2.11. The Morgan fingerprint density at radius 1 is 1.20 bits per heavy atom. The second-order valence-corrected chi connectivity index (χ2v) is 4.87. The van der Waals surface area contributed by atoms with Crippen LogP contribution in [0.3, 0.4) is 0 Å². The first-order valence-electron chi connectivity index (χ1n) is 6.64. The SMILES string of the molecule is Cc1nc(C(=O)N2CCCC2)nn1-c1ccc(F)cc1. The number of amides is 1. The molecule has 2 aromatic rings. The van der Waals surface area contributed by atoms with Crippen LogP contribution < -0.4 is 0 Å². The molecule has 104 valence electrons. The molecule has 1 saturated heterocycles. The molecule has 1 aliphatic heterocycles. The topological polar surface area (TPSA) is 51.0 Å². The number of rotatable bonds is 2. The van der Waals surface area contributed by atoms with Gasteiger partial charge in [-0.3, -0.25) is 4.79 Å². The van der Waals surface area contributed by atoms with Gasteiger partial charge in [-0.1, -0.05) is 0 Å². The van der Waals surface area contributed by atoms with Crippen LogP contribution in [0, 0.1) is 12.7 Å². The molecule has 0 N–H and O–H groups in total. The zero-order valence-corrected chi connectivity index (χ0v) is 11.2. The lowest BCUT2D eigenvalue weighted by molar-refractivity contribution is 0.0781. The molecule has 0 saturated carbocycles. The highest BCUT2D eigenvalue weighted by Crippen LogP contribution is 2.14. The molecule has 0 bridgehead atoms. The summed E-state index contributed by atoms with van der Waals surface area (Å²) in [6.07, 6.45) is 2.06. The number of nitrogens with zero attached hydrogens (tertiary/aromatic N) is 4. The van der Waals surface area contributed by atoms with Crippen molar-refractivity contribution in [1.82, 2.24) is 19.7 Å². The number of benzene rings is 1. The van der Waals surface area contributed by atoms with Gasteiger partial charge in [0.1, 0.15) is 11.6 Å². The van der Waals surface area contributed by atoms with Crippen molar-refractivity contribution < 1.29 is 9.18 Å². The Bertz CT molecular complexity index is 629. The first kappa shape index (κ1) is 12.8. The van der Waals surface area contributed by atoms with E-state index in [0.29, 0.717) is 11.5 Å². The molecule has 1 fully saturated rings. The molecule has 1 aromatic carbocycles. The van der Waals surface area contributed by atoms with Crippen molar-refractivity contribution >= 4 is 5.91 Å². The second kappa shape index (κ2) is 5.03. The van der Waals surface area contributed by atoms with Crippen molar-refractivity contribution in [2.75, 3.05) is 13.1 Å². The molecule has 1 amide bonds. The molecule has 6 heteroatoms. The van der Waals surface area contributed by atoms with Crippen molar-refractivity contribution in [3.63, 3.8) is 0 Å². The average Bonchev–Trinajstić information content (AvgIpc) is 3.08. The summed E-state index contributed by atoms with van der Waals surface area (Å²) < 4.78 is 14.5. The maximum Gasteiger partial charge on any atom is 0.293 e. The summed E-state index contributed by atoms with van der Waals surface area (Å²) >= 11 is 0. The fraction of sp³-hybridized carbons (Fsp3) is 0.357. The van der Waals surface area contributed by atoms with Gasteiger partial charge in [-0.15, -0.1) is 5.10 Å². The molecule has 0 aliphatic carbocycles. The zero-order chi connectivity index (χ0) is 14.1. The lowest BCUT2D eigenvalue weighted by Crippen LogP contribution is -2.28. The smallest absolute Gasteiger partial charge is 0.293 e. The second-order valence-electron chi connectivity index (χ2n) is 4.87. The number of carbonyl (C=O) groups excluding carboxylic acids is 1. The van der Waals surface area contributed by atoms with Crippen LogP contribution in [0.25, 0.3) is 5.69 Å². The summed E-state index contributed by atoms with van der Waals surface area (Å²) in [5, 5.41) is 4.25. The fourth-order valence-corrected chi connectivity index (χ4v) is 2.37. The fourth-order valence-electron chi connectivity index (χ4n) is 2.37. The van der Waals surface area contributed by atoms with Gasteiger partial charge in [0.05, 0.1) is 5.69 Å². The van der Waals surface area contributed by atoms with E-state index in [4.69, 9.17) is 0 Å². The molecule has 3 rings (SSSR count).